The van der Waals surface area contributed by atoms with Crippen molar-refractivity contribution in [1.82, 2.24) is 4.90 Å². The maximum Gasteiger partial charge on any atom is 0.255 e. The number of hydrogen-bond acceptors (Lipinski definition) is 3. The van der Waals surface area contributed by atoms with E-state index in [0.29, 0.717) is 16.3 Å². The van der Waals surface area contributed by atoms with E-state index < -0.39 is 6.04 Å². The highest BCUT2D eigenvalue weighted by Crippen LogP contribution is 2.24. The van der Waals surface area contributed by atoms with Crippen LogP contribution in [0, 0.1) is 0 Å². The van der Waals surface area contributed by atoms with Crippen molar-refractivity contribution < 1.29 is 9.59 Å². The summed E-state index contributed by atoms with van der Waals surface area (Å²) in [6, 6.07) is 13.3. The molecule has 3 rings (SSSR count). The minimum Gasteiger partial charge on any atom is -0.339 e. The van der Waals surface area contributed by atoms with Crippen molar-refractivity contribution in [1.29, 1.82) is 0 Å². The lowest BCUT2D eigenvalue weighted by molar-refractivity contribution is -0.117. The fraction of sp³-hybridized carbons (Fsp3) is 0.300. The van der Waals surface area contributed by atoms with Crippen LogP contribution in [-0.4, -0.2) is 29.8 Å². The van der Waals surface area contributed by atoms with Crippen molar-refractivity contribution in [3.05, 3.63) is 64.7 Å². The number of carbonyl (C=O) groups is 2. The Labute approximate surface area is 158 Å². The zero-order valence-electron chi connectivity index (χ0n) is 14.5. The number of likely N-dealkylation sites (tertiary alicyclic amines) is 1. The molecule has 0 spiro atoms. The quantitative estimate of drug-likeness (QED) is 0.862. The first-order valence-corrected chi connectivity index (χ1v) is 9.14. The van der Waals surface area contributed by atoms with Crippen LogP contribution in [0.5, 0.6) is 0 Å². The van der Waals surface area contributed by atoms with Crippen LogP contribution in [0.2, 0.25) is 5.02 Å². The number of amides is 2. The molecule has 26 heavy (non-hydrogen) atoms. The summed E-state index contributed by atoms with van der Waals surface area (Å²) in [5, 5.41) is 3.08. The van der Waals surface area contributed by atoms with Crippen molar-refractivity contribution >= 4 is 29.1 Å². The smallest absolute Gasteiger partial charge is 0.255 e. The second-order valence-electron chi connectivity index (χ2n) is 6.43. The number of hydrogen-bond donors (Lipinski definition) is 2. The molecule has 1 aliphatic rings. The van der Waals surface area contributed by atoms with Gasteiger partial charge in [-0.3, -0.25) is 9.59 Å². The van der Waals surface area contributed by atoms with Gasteiger partial charge in [0.1, 0.15) is 6.04 Å². The Morgan fingerprint density at radius 2 is 1.73 bits per heavy atom. The van der Waals surface area contributed by atoms with Crippen LogP contribution in [0.4, 0.5) is 5.69 Å². The van der Waals surface area contributed by atoms with Gasteiger partial charge in [0.25, 0.3) is 5.91 Å². The number of nitrogens with zero attached hydrogens (tertiary/aromatic N) is 1. The molecular weight excluding hydrogens is 350 g/mol. The lowest BCUT2D eigenvalue weighted by atomic mass is 10.1. The number of carbonyl (C=O) groups excluding carboxylic acids is 2. The lowest BCUT2D eigenvalue weighted by Gasteiger charge is -2.27. The van der Waals surface area contributed by atoms with E-state index in [4.69, 9.17) is 17.3 Å². The van der Waals surface area contributed by atoms with Crippen LogP contribution in [0.3, 0.4) is 0 Å². The largest absolute Gasteiger partial charge is 0.339 e. The summed E-state index contributed by atoms with van der Waals surface area (Å²) in [7, 11) is 0. The van der Waals surface area contributed by atoms with Gasteiger partial charge in [0.2, 0.25) is 5.91 Å². The van der Waals surface area contributed by atoms with E-state index in [1.165, 1.54) is 0 Å². The van der Waals surface area contributed by atoms with Crippen molar-refractivity contribution in [2.24, 2.45) is 5.73 Å². The highest BCUT2D eigenvalue weighted by Gasteiger charge is 2.21. The zero-order valence-corrected chi connectivity index (χ0v) is 15.2. The molecule has 0 radical (unpaired) electrons. The summed E-state index contributed by atoms with van der Waals surface area (Å²) in [4.78, 5) is 26.7. The molecule has 0 saturated carbocycles. The number of piperidine rings is 1. The van der Waals surface area contributed by atoms with E-state index in [-0.39, 0.29) is 11.8 Å². The summed E-state index contributed by atoms with van der Waals surface area (Å²) in [6.45, 7) is 1.53. The molecule has 2 amide bonds. The normalized spacial score (nSPS) is 15.4. The number of halogens is 1. The molecule has 5 nitrogen and oxygen atoms in total. The minimum absolute atomic E-state index is 0.0615. The number of nitrogens with one attached hydrogen (secondary N) is 1. The first kappa shape index (κ1) is 18.4. The molecule has 1 aliphatic heterocycles. The third kappa shape index (κ3) is 4.23. The molecule has 1 saturated heterocycles. The van der Waals surface area contributed by atoms with Crippen LogP contribution < -0.4 is 11.1 Å². The van der Waals surface area contributed by atoms with E-state index in [2.05, 4.69) is 5.32 Å². The predicted molar refractivity (Wildman–Crippen MR) is 103 cm³/mol. The monoisotopic (exact) mass is 371 g/mol. The van der Waals surface area contributed by atoms with Gasteiger partial charge in [0, 0.05) is 18.8 Å². The fourth-order valence-electron chi connectivity index (χ4n) is 3.07. The number of anilines is 1. The molecule has 6 heteroatoms. The standard InChI is InChI=1S/C20H22ClN3O2/c21-17-13-15(23-19(25)18(22)14-7-3-1-4-8-14)9-10-16(17)20(26)24-11-5-2-6-12-24/h1,3-4,7-10,13,18H,2,5-6,11-12,22H2,(H,23,25). The van der Waals surface area contributed by atoms with Crippen molar-refractivity contribution in [2.75, 3.05) is 18.4 Å². The van der Waals surface area contributed by atoms with Gasteiger partial charge in [-0.1, -0.05) is 41.9 Å². The van der Waals surface area contributed by atoms with Crippen LogP contribution in [0.25, 0.3) is 0 Å². The first-order valence-electron chi connectivity index (χ1n) is 8.76. The Morgan fingerprint density at radius 1 is 1.04 bits per heavy atom. The topological polar surface area (TPSA) is 75.4 Å². The third-order valence-electron chi connectivity index (χ3n) is 4.55. The van der Waals surface area contributed by atoms with E-state index in [0.717, 1.165) is 37.9 Å². The molecule has 1 fully saturated rings. The second kappa shape index (κ2) is 8.34. The lowest BCUT2D eigenvalue weighted by Crippen LogP contribution is -2.35. The molecule has 1 atom stereocenters. The average Bonchev–Trinajstić information content (AvgIpc) is 2.68. The van der Waals surface area contributed by atoms with Gasteiger partial charge in [0.05, 0.1) is 10.6 Å². The number of rotatable bonds is 4. The van der Waals surface area contributed by atoms with E-state index >= 15 is 0 Å². The second-order valence-corrected chi connectivity index (χ2v) is 6.83. The summed E-state index contributed by atoms with van der Waals surface area (Å²) in [5.74, 6) is -0.393. The maximum atomic E-state index is 12.6. The minimum atomic E-state index is -0.773. The Balaban J connectivity index is 1.69. The highest BCUT2D eigenvalue weighted by atomic mass is 35.5. The number of nitrogens with two attached hydrogens (primary N) is 1. The molecule has 136 valence electrons. The molecule has 0 aromatic heterocycles. The molecular formula is C20H22ClN3O2. The van der Waals surface area contributed by atoms with Crippen molar-refractivity contribution in [3.8, 4) is 0 Å². The summed E-state index contributed by atoms with van der Waals surface area (Å²) >= 11 is 6.29. The van der Waals surface area contributed by atoms with Crippen LogP contribution in [0.1, 0.15) is 41.2 Å². The molecule has 3 N–H and O–H groups in total. The molecule has 0 aliphatic carbocycles. The average molecular weight is 372 g/mol. The Kier molecular flexibility index (Phi) is 5.91. The Hall–Kier alpha value is -2.37. The maximum absolute atomic E-state index is 12.6. The molecule has 2 aromatic rings. The van der Waals surface area contributed by atoms with Crippen molar-refractivity contribution in [3.63, 3.8) is 0 Å². The Bertz CT molecular complexity index is 789. The van der Waals surface area contributed by atoms with Crippen molar-refractivity contribution in [2.45, 2.75) is 25.3 Å². The Morgan fingerprint density at radius 3 is 2.38 bits per heavy atom. The first-order chi connectivity index (χ1) is 12.6. The number of benzene rings is 2. The van der Waals surface area contributed by atoms with Gasteiger partial charge in [0.15, 0.2) is 0 Å². The summed E-state index contributed by atoms with van der Waals surface area (Å²) < 4.78 is 0. The summed E-state index contributed by atoms with van der Waals surface area (Å²) in [5.41, 5.74) is 7.70. The zero-order chi connectivity index (χ0) is 18.5. The van der Waals surface area contributed by atoms with Gasteiger partial charge in [-0.25, -0.2) is 0 Å². The van der Waals surface area contributed by atoms with Gasteiger partial charge in [-0.2, -0.15) is 0 Å². The molecule has 0 bridgehead atoms. The van der Waals surface area contributed by atoms with Gasteiger partial charge >= 0.3 is 0 Å². The fourth-order valence-corrected chi connectivity index (χ4v) is 3.33. The van der Waals surface area contributed by atoms with E-state index in [1.807, 2.05) is 23.1 Å². The van der Waals surface area contributed by atoms with Gasteiger partial charge < -0.3 is 16.0 Å². The van der Waals surface area contributed by atoms with Crippen LogP contribution in [-0.2, 0) is 4.79 Å². The predicted octanol–water partition coefficient (Wildman–Crippen LogP) is 3.60. The third-order valence-corrected chi connectivity index (χ3v) is 4.86. The molecule has 1 unspecified atom stereocenters. The van der Waals surface area contributed by atoms with Crippen LogP contribution >= 0.6 is 11.6 Å². The highest BCUT2D eigenvalue weighted by molar-refractivity contribution is 6.34. The summed E-state index contributed by atoms with van der Waals surface area (Å²) in [6.07, 6.45) is 3.20. The molecule has 1 heterocycles. The SMILES string of the molecule is NC(C(=O)Nc1ccc(C(=O)N2CCCCC2)c(Cl)c1)c1ccccc1. The van der Waals surface area contributed by atoms with Crippen LogP contribution in [0.15, 0.2) is 48.5 Å². The van der Waals surface area contributed by atoms with Gasteiger partial charge in [-0.15, -0.1) is 0 Å². The molecule has 2 aromatic carbocycles. The van der Waals surface area contributed by atoms with E-state index in [9.17, 15) is 9.59 Å². The van der Waals surface area contributed by atoms with Gasteiger partial charge in [-0.05, 0) is 43.0 Å². The van der Waals surface area contributed by atoms with E-state index in [1.54, 1.807) is 30.3 Å².